The highest BCUT2D eigenvalue weighted by Gasteiger charge is 2.17. The summed E-state index contributed by atoms with van der Waals surface area (Å²) in [7, 11) is 0. The van der Waals surface area contributed by atoms with Crippen molar-refractivity contribution in [3.05, 3.63) is 47.4 Å². The van der Waals surface area contributed by atoms with Crippen molar-refractivity contribution in [2.75, 3.05) is 5.32 Å². The second-order valence-electron chi connectivity index (χ2n) is 3.42. The monoisotopic (exact) mass is 256 g/mol. The summed E-state index contributed by atoms with van der Waals surface area (Å²) in [6.07, 6.45) is 1.14. The molecule has 2 aromatic rings. The molecule has 1 aromatic carbocycles. The van der Waals surface area contributed by atoms with Gasteiger partial charge in [-0.15, -0.1) is 0 Å². The van der Waals surface area contributed by atoms with Gasteiger partial charge in [-0.2, -0.15) is 0 Å². The lowest BCUT2D eigenvalue weighted by Crippen LogP contribution is -2.13. The van der Waals surface area contributed by atoms with Crippen molar-refractivity contribution in [2.45, 2.75) is 6.92 Å². The van der Waals surface area contributed by atoms with Crippen LogP contribution in [0.4, 0.5) is 18.9 Å². The molecule has 1 amide bonds. The number of nitrogens with one attached hydrogen (secondary N) is 1. The highest BCUT2D eigenvalue weighted by molar-refractivity contribution is 6.02. The van der Waals surface area contributed by atoms with Gasteiger partial charge in [-0.25, -0.2) is 18.2 Å². The van der Waals surface area contributed by atoms with Crippen LogP contribution in [0.3, 0.4) is 0 Å². The van der Waals surface area contributed by atoms with Crippen LogP contribution < -0.4 is 5.32 Å². The summed E-state index contributed by atoms with van der Waals surface area (Å²) in [6, 6.07) is 1.62. The van der Waals surface area contributed by atoms with E-state index in [1.807, 2.05) is 0 Å². The van der Waals surface area contributed by atoms with Crippen molar-refractivity contribution < 1.29 is 22.4 Å². The Morgan fingerprint density at radius 3 is 2.61 bits per heavy atom. The molecule has 2 rings (SSSR count). The van der Waals surface area contributed by atoms with E-state index in [-0.39, 0.29) is 11.7 Å². The second kappa shape index (κ2) is 4.52. The fourth-order valence-electron chi connectivity index (χ4n) is 1.27. The lowest BCUT2D eigenvalue weighted by Gasteiger charge is -2.05. The standard InChI is InChI=1S/C11H7F3N2O2/c1-5-15-4-8(18-5)11(17)16-7-3-2-6(12)9(13)10(7)14/h2-4H,1H3,(H,16,17). The molecule has 94 valence electrons. The maximum Gasteiger partial charge on any atom is 0.293 e. The minimum absolute atomic E-state index is 0.156. The van der Waals surface area contributed by atoms with Crippen molar-refractivity contribution in [1.82, 2.24) is 4.98 Å². The van der Waals surface area contributed by atoms with Gasteiger partial charge >= 0.3 is 0 Å². The molecule has 0 atom stereocenters. The Morgan fingerprint density at radius 1 is 1.28 bits per heavy atom. The topological polar surface area (TPSA) is 55.1 Å². The number of carbonyl (C=O) groups excluding carboxylic acids is 1. The average Bonchev–Trinajstić information content (AvgIpc) is 2.77. The molecule has 0 saturated carbocycles. The number of carbonyl (C=O) groups is 1. The third kappa shape index (κ3) is 2.20. The van der Waals surface area contributed by atoms with Crippen LogP contribution in [0, 0.1) is 24.4 Å². The van der Waals surface area contributed by atoms with Crippen LogP contribution in [-0.4, -0.2) is 10.9 Å². The van der Waals surface area contributed by atoms with Crippen LogP contribution in [0.5, 0.6) is 0 Å². The summed E-state index contributed by atoms with van der Waals surface area (Å²) >= 11 is 0. The number of hydrogen-bond acceptors (Lipinski definition) is 3. The fraction of sp³-hybridized carbons (Fsp3) is 0.0909. The molecule has 0 bridgehead atoms. The van der Waals surface area contributed by atoms with Crippen LogP contribution in [0.25, 0.3) is 0 Å². The molecular formula is C11H7F3N2O2. The molecule has 0 fully saturated rings. The smallest absolute Gasteiger partial charge is 0.293 e. The molecule has 1 N–H and O–H groups in total. The third-order valence-corrected chi connectivity index (χ3v) is 2.13. The highest BCUT2D eigenvalue weighted by atomic mass is 19.2. The lowest BCUT2D eigenvalue weighted by molar-refractivity contribution is 0.0995. The molecular weight excluding hydrogens is 249 g/mol. The molecule has 7 heteroatoms. The Kier molecular flexibility index (Phi) is 3.05. The first-order chi connectivity index (χ1) is 8.49. The van der Waals surface area contributed by atoms with Crippen molar-refractivity contribution in [2.24, 2.45) is 0 Å². The van der Waals surface area contributed by atoms with Gasteiger partial charge in [0.25, 0.3) is 5.91 Å². The minimum atomic E-state index is -1.65. The van der Waals surface area contributed by atoms with Crippen LogP contribution in [0.15, 0.2) is 22.7 Å². The number of benzene rings is 1. The number of hydrogen-bond donors (Lipinski definition) is 1. The van der Waals surface area contributed by atoms with Gasteiger partial charge in [0.2, 0.25) is 5.76 Å². The molecule has 1 aromatic heterocycles. The van der Waals surface area contributed by atoms with Gasteiger partial charge in [-0.3, -0.25) is 4.79 Å². The van der Waals surface area contributed by atoms with Gasteiger partial charge < -0.3 is 9.73 Å². The second-order valence-corrected chi connectivity index (χ2v) is 3.42. The van der Waals surface area contributed by atoms with Crippen LogP contribution >= 0.6 is 0 Å². The summed E-state index contributed by atoms with van der Waals surface area (Å²) in [5.74, 6) is -5.16. The van der Waals surface area contributed by atoms with E-state index in [4.69, 9.17) is 4.42 Å². The minimum Gasteiger partial charge on any atom is -0.436 e. The highest BCUT2D eigenvalue weighted by Crippen LogP contribution is 2.20. The first-order valence-corrected chi connectivity index (χ1v) is 4.86. The largest absolute Gasteiger partial charge is 0.436 e. The zero-order valence-corrected chi connectivity index (χ0v) is 9.13. The molecule has 0 aliphatic heterocycles. The van der Waals surface area contributed by atoms with Crippen molar-refractivity contribution in [3.8, 4) is 0 Å². The molecule has 0 aliphatic rings. The summed E-state index contributed by atoms with van der Waals surface area (Å²) in [5.41, 5.74) is -0.479. The average molecular weight is 256 g/mol. The van der Waals surface area contributed by atoms with Gasteiger partial charge in [-0.1, -0.05) is 0 Å². The van der Waals surface area contributed by atoms with Gasteiger partial charge in [-0.05, 0) is 12.1 Å². The number of nitrogens with zero attached hydrogens (tertiary/aromatic N) is 1. The van der Waals surface area contributed by atoms with Gasteiger partial charge in [0.05, 0.1) is 11.9 Å². The molecule has 0 radical (unpaired) electrons. The number of oxazole rings is 1. The zero-order valence-electron chi connectivity index (χ0n) is 9.13. The van der Waals surface area contributed by atoms with E-state index in [0.29, 0.717) is 6.07 Å². The van der Waals surface area contributed by atoms with E-state index < -0.39 is 29.0 Å². The molecule has 18 heavy (non-hydrogen) atoms. The molecule has 0 unspecified atom stereocenters. The van der Waals surface area contributed by atoms with Crippen molar-refractivity contribution in [3.63, 3.8) is 0 Å². The van der Waals surface area contributed by atoms with E-state index in [1.54, 1.807) is 0 Å². The molecule has 0 saturated heterocycles. The lowest BCUT2D eigenvalue weighted by atomic mass is 10.2. The number of aryl methyl sites for hydroxylation is 1. The van der Waals surface area contributed by atoms with Crippen LogP contribution in [0.2, 0.25) is 0 Å². The molecule has 1 heterocycles. The fourth-order valence-corrected chi connectivity index (χ4v) is 1.27. The Morgan fingerprint density at radius 2 is 2.00 bits per heavy atom. The Bertz CT molecular complexity index is 610. The summed E-state index contributed by atoms with van der Waals surface area (Å²) in [4.78, 5) is 15.2. The summed E-state index contributed by atoms with van der Waals surface area (Å²) < 4.78 is 43.7. The first-order valence-electron chi connectivity index (χ1n) is 4.86. The Labute approximate surface area is 99.4 Å². The van der Waals surface area contributed by atoms with Gasteiger partial charge in [0, 0.05) is 6.92 Å². The number of rotatable bonds is 2. The predicted octanol–water partition coefficient (Wildman–Crippen LogP) is 2.65. The van der Waals surface area contributed by atoms with Gasteiger partial charge in [0.1, 0.15) is 0 Å². The normalized spacial score (nSPS) is 10.4. The predicted molar refractivity (Wildman–Crippen MR) is 55.5 cm³/mol. The van der Waals surface area contributed by atoms with Crippen molar-refractivity contribution >= 4 is 11.6 Å². The summed E-state index contributed by atoms with van der Waals surface area (Å²) in [5, 5.41) is 2.05. The summed E-state index contributed by atoms with van der Waals surface area (Å²) in [6.45, 7) is 1.52. The number of amides is 1. The number of aromatic nitrogens is 1. The Hall–Kier alpha value is -2.31. The van der Waals surface area contributed by atoms with E-state index >= 15 is 0 Å². The molecule has 4 nitrogen and oxygen atoms in total. The maximum absolute atomic E-state index is 13.3. The third-order valence-electron chi connectivity index (χ3n) is 2.13. The number of halogens is 3. The van der Waals surface area contributed by atoms with Crippen LogP contribution in [-0.2, 0) is 0 Å². The molecule has 0 aliphatic carbocycles. The quantitative estimate of drug-likeness (QED) is 0.840. The SMILES string of the molecule is Cc1ncc(C(=O)Nc2ccc(F)c(F)c2F)o1. The van der Waals surface area contributed by atoms with E-state index in [0.717, 1.165) is 12.3 Å². The van der Waals surface area contributed by atoms with Crippen LogP contribution in [0.1, 0.15) is 16.4 Å². The van der Waals surface area contributed by atoms with Gasteiger partial charge in [0.15, 0.2) is 23.3 Å². The van der Waals surface area contributed by atoms with E-state index in [1.165, 1.54) is 6.92 Å². The van der Waals surface area contributed by atoms with E-state index in [2.05, 4.69) is 10.3 Å². The molecule has 0 spiro atoms. The zero-order chi connectivity index (χ0) is 13.3. The van der Waals surface area contributed by atoms with E-state index in [9.17, 15) is 18.0 Å². The maximum atomic E-state index is 13.3. The van der Waals surface area contributed by atoms with Crippen molar-refractivity contribution in [1.29, 1.82) is 0 Å². The Balaban J connectivity index is 2.25. The number of anilines is 1. The first kappa shape index (κ1) is 12.2.